The summed E-state index contributed by atoms with van der Waals surface area (Å²) in [5.74, 6) is 0. The molecule has 1 rings (SSSR count). The quantitative estimate of drug-likeness (QED) is 0.683. The van der Waals surface area contributed by atoms with Crippen molar-refractivity contribution in [3.63, 3.8) is 0 Å². The summed E-state index contributed by atoms with van der Waals surface area (Å²) in [6, 6.07) is 0. The molecule has 0 aromatic carbocycles. The fourth-order valence-electron chi connectivity index (χ4n) is 1.53. The van der Waals surface area contributed by atoms with E-state index < -0.39 is 11.4 Å². The molecule has 72 valence electrons. The summed E-state index contributed by atoms with van der Waals surface area (Å²) in [5, 5.41) is 8.75. The van der Waals surface area contributed by atoms with Crippen LogP contribution in [0.4, 0.5) is 4.39 Å². The van der Waals surface area contributed by atoms with Gasteiger partial charge in [-0.25, -0.2) is 0 Å². The van der Waals surface area contributed by atoms with Gasteiger partial charge in [0.1, 0.15) is 0 Å². The predicted octanol–water partition coefficient (Wildman–Crippen LogP) is 3.06. The first-order chi connectivity index (χ1) is 6.07. The number of allylic oxidation sites excluding steroid dienone is 2. The van der Waals surface area contributed by atoms with Gasteiger partial charge in [-0.2, -0.15) is 4.39 Å². The fraction of sp³-hybridized carbons (Fsp3) is 0.400. The van der Waals surface area contributed by atoms with Crippen molar-refractivity contribution in [2.24, 2.45) is 0 Å². The second kappa shape index (κ2) is 4.07. The SMILES string of the molecule is C=CCC1=C(C)[C@@H](O)CC1=C(F)Cl. The summed E-state index contributed by atoms with van der Waals surface area (Å²) in [4.78, 5) is 0. The highest BCUT2D eigenvalue weighted by molar-refractivity contribution is 6.28. The summed E-state index contributed by atoms with van der Waals surface area (Å²) >= 11 is 5.28. The van der Waals surface area contributed by atoms with E-state index in [-0.39, 0.29) is 6.42 Å². The molecule has 1 nitrogen and oxygen atoms in total. The minimum Gasteiger partial charge on any atom is -0.388 e. The summed E-state index contributed by atoms with van der Waals surface area (Å²) in [7, 11) is 0. The minimum absolute atomic E-state index is 0.282. The van der Waals surface area contributed by atoms with Crippen LogP contribution in [0.2, 0.25) is 0 Å². The van der Waals surface area contributed by atoms with Gasteiger partial charge in [0.15, 0.2) is 5.29 Å². The normalized spacial score (nSPS) is 26.6. The maximum absolute atomic E-state index is 12.8. The van der Waals surface area contributed by atoms with Gasteiger partial charge in [0.25, 0.3) is 0 Å². The molecule has 1 N–H and O–H groups in total. The first-order valence-electron chi connectivity index (χ1n) is 4.11. The summed E-state index contributed by atoms with van der Waals surface area (Å²) in [5.41, 5.74) is 2.01. The number of rotatable bonds is 2. The van der Waals surface area contributed by atoms with Crippen LogP contribution in [-0.2, 0) is 0 Å². The average molecular weight is 203 g/mol. The Hall–Kier alpha value is -0.600. The number of hydrogen-bond acceptors (Lipinski definition) is 1. The fourth-order valence-corrected chi connectivity index (χ4v) is 1.72. The second-order valence-electron chi connectivity index (χ2n) is 3.11. The Balaban J connectivity index is 3.07. The smallest absolute Gasteiger partial charge is 0.192 e. The summed E-state index contributed by atoms with van der Waals surface area (Å²) < 4.78 is 12.8. The van der Waals surface area contributed by atoms with Crippen LogP contribution in [0, 0.1) is 0 Å². The van der Waals surface area contributed by atoms with Crippen molar-refractivity contribution in [3.8, 4) is 0 Å². The standard InChI is InChI=1S/C10H12ClFO/c1-3-4-7-6(2)9(13)5-8(7)10(11)12/h3,9,13H,1,4-5H2,2H3/t9-/m0/s1. The van der Waals surface area contributed by atoms with E-state index in [0.29, 0.717) is 12.0 Å². The lowest BCUT2D eigenvalue weighted by Gasteiger charge is -2.01. The van der Waals surface area contributed by atoms with E-state index in [4.69, 9.17) is 11.6 Å². The first kappa shape index (κ1) is 10.5. The molecule has 0 bridgehead atoms. The van der Waals surface area contributed by atoms with Crippen LogP contribution >= 0.6 is 11.6 Å². The minimum atomic E-state index is -0.715. The maximum Gasteiger partial charge on any atom is 0.192 e. The monoisotopic (exact) mass is 202 g/mol. The van der Waals surface area contributed by atoms with Crippen LogP contribution in [0.25, 0.3) is 0 Å². The first-order valence-corrected chi connectivity index (χ1v) is 4.48. The number of aliphatic hydroxyl groups is 1. The van der Waals surface area contributed by atoms with Crippen LogP contribution in [0.3, 0.4) is 0 Å². The van der Waals surface area contributed by atoms with Gasteiger partial charge in [-0.05, 0) is 24.5 Å². The molecule has 0 saturated carbocycles. The van der Waals surface area contributed by atoms with E-state index in [1.54, 1.807) is 13.0 Å². The van der Waals surface area contributed by atoms with Crippen LogP contribution in [0.5, 0.6) is 0 Å². The third-order valence-corrected chi connectivity index (χ3v) is 2.54. The lowest BCUT2D eigenvalue weighted by Crippen LogP contribution is -2.01. The number of halogens is 2. The van der Waals surface area contributed by atoms with Crippen molar-refractivity contribution in [1.29, 1.82) is 0 Å². The number of aliphatic hydroxyl groups excluding tert-OH is 1. The Morgan fingerprint density at radius 2 is 2.46 bits per heavy atom. The van der Waals surface area contributed by atoms with E-state index in [0.717, 1.165) is 11.1 Å². The molecular weight excluding hydrogens is 191 g/mol. The Bertz CT molecular complexity index is 287. The Morgan fingerprint density at radius 3 is 2.92 bits per heavy atom. The Kier molecular flexibility index (Phi) is 3.28. The van der Waals surface area contributed by atoms with E-state index in [1.807, 2.05) is 0 Å². The molecule has 0 amide bonds. The second-order valence-corrected chi connectivity index (χ2v) is 3.45. The molecule has 1 aliphatic rings. The molecule has 3 heteroatoms. The van der Waals surface area contributed by atoms with Gasteiger partial charge >= 0.3 is 0 Å². The van der Waals surface area contributed by atoms with Crippen LogP contribution < -0.4 is 0 Å². The molecule has 1 aliphatic carbocycles. The van der Waals surface area contributed by atoms with Crippen molar-refractivity contribution in [2.75, 3.05) is 0 Å². The van der Waals surface area contributed by atoms with Crippen molar-refractivity contribution in [3.05, 3.63) is 34.7 Å². The molecule has 0 fully saturated rings. The molecule has 0 radical (unpaired) electrons. The third kappa shape index (κ3) is 2.01. The Labute approximate surface area is 82.2 Å². The molecule has 0 heterocycles. The highest BCUT2D eigenvalue weighted by Gasteiger charge is 2.26. The van der Waals surface area contributed by atoms with E-state index in [2.05, 4.69) is 6.58 Å². The zero-order chi connectivity index (χ0) is 10.0. The van der Waals surface area contributed by atoms with Crippen LogP contribution in [0.1, 0.15) is 19.8 Å². The average Bonchev–Trinajstić information content (AvgIpc) is 2.33. The summed E-state index contributed by atoms with van der Waals surface area (Å²) in [6.07, 6.45) is 1.92. The number of hydrogen-bond donors (Lipinski definition) is 1. The van der Waals surface area contributed by atoms with Gasteiger partial charge in [-0.15, -0.1) is 6.58 Å². The zero-order valence-corrected chi connectivity index (χ0v) is 8.24. The maximum atomic E-state index is 12.8. The van der Waals surface area contributed by atoms with Gasteiger partial charge in [-0.3, -0.25) is 0 Å². The van der Waals surface area contributed by atoms with Gasteiger partial charge < -0.3 is 5.11 Å². The van der Waals surface area contributed by atoms with Crippen molar-refractivity contribution in [1.82, 2.24) is 0 Å². The summed E-state index contributed by atoms with van der Waals surface area (Å²) in [6.45, 7) is 5.36. The largest absolute Gasteiger partial charge is 0.388 e. The lowest BCUT2D eigenvalue weighted by atomic mass is 10.1. The molecular formula is C10H12ClFO. The van der Waals surface area contributed by atoms with Gasteiger partial charge in [0.2, 0.25) is 0 Å². The van der Waals surface area contributed by atoms with Crippen molar-refractivity contribution >= 4 is 11.6 Å². The van der Waals surface area contributed by atoms with E-state index >= 15 is 0 Å². The van der Waals surface area contributed by atoms with E-state index in [1.165, 1.54) is 0 Å². The highest BCUT2D eigenvalue weighted by atomic mass is 35.5. The molecule has 0 unspecified atom stereocenters. The Morgan fingerprint density at radius 1 is 1.85 bits per heavy atom. The lowest BCUT2D eigenvalue weighted by molar-refractivity contribution is 0.218. The highest BCUT2D eigenvalue weighted by Crippen LogP contribution is 2.37. The van der Waals surface area contributed by atoms with Crippen molar-refractivity contribution < 1.29 is 9.50 Å². The molecule has 0 spiro atoms. The topological polar surface area (TPSA) is 20.2 Å². The molecule has 0 saturated heterocycles. The van der Waals surface area contributed by atoms with Crippen LogP contribution in [-0.4, -0.2) is 11.2 Å². The molecule has 13 heavy (non-hydrogen) atoms. The van der Waals surface area contributed by atoms with Gasteiger partial charge in [-0.1, -0.05) is 17.7 Å². The molecule has 0 aromatic rings. The molecule has 1 atom stereocenters. The van der Waals surface area contributed by atoms with Gasteiger partial charge in [0.05, 0.1) is 6.10 Å². The van der Waals surface area contributed by atoms with E-state index in [9.17, 15) is 9.50 Å². The van der Waals surface area contributed by atoms with Crippen molar-refractivity contribution in [2.45, 2.75) is 25.9 Å². The molecule has 0 aromatic heterocycles. The van der Waals surface area contributed by atoms with Gasteiger partial charge in [0, 0.05) is 12.0 Å². The molecule has 0 aliphatic heterocycles. The zero-order valence-electron chi connectivity index (χ0n) is 7.48. The third-order valence-electron chi connectivity index (χ3n) is 2.31. The predicted molar refractivity (Wildman–Crippen MR) is 52.1 cm³/mol. The van der Waals surface area contributed by atoms with Crippen LogP contribution in [0.15, 0.2) is 34.7 Å².